The van der Waals surface area contributed by atoms with E-state index in [0.717, 1.165) is 5.56 Å². The van der Waals surface area contributed by atoms with Gasteiger partial charge in [0.05, 0.1) is 12.0 Å². The van der Waals surface area contributed by atoms with Crippen LogP contribution in [0.25, 0.3) is 0 Å². The first-order chi connectivity index (χ1) is 8.58. The van der Waals surface area contributed by atoms with Crippen LogP contribution in [-0.2, 0) is 9.59 Å². The Balaban J connectivity index is 1.96. The molecule has 2 aliphatic heterocycles. The number of amides is 2. The molecule has 6 heteroatoms. The molecule has 94 valence electrons. The molecule has 6 nitrogen and oxygen atoms in total. The zero-order valence-electron chi connectivity index (χ0n) is 9.75. The molecule has 2 aliphatic rings. The molecular weight excluding hydrogens is 234 g/mol. The number of hydrazine groups is 1. The van der Waals surface area contributed by atoms with Gasteiger partial charge < -0.3 is 5.11 Å². The van der Waals surface area contributed by atoms with Gasteiger partial charge in [0.1, 0.15) is 11.8 Å². The normalized spacial score (nSPS) is 31.5. The van der Waals surface area contributed by atoms with Gasteiger partial charge in [-0.25, -0.2) is 10.4 Å². The Morgan fingerprint density at radius 2 is 1.83 bits per heavy atom. The third kappa shape index (κ3) is 1.50. The fraction of sp³-hybridized carbons (Fsp3) is 0.333. The van der Waals surface area contributed by atoms with Gasteiger partial charge in [-0.2, -0.15) is 0 Å². The van der Waals surface area contributed by atoms with Gasteiger partial charge in [-0.3, -0.25) is 14.9 Å². The smallest absolute Gasteiger partial charge is 0.246 e. The molecule has 1 aromatic carbocycles. The Kier molecular flexibility index (Phi) is 2.36. The van der Waals surface area contributed by atoms with E-state index in [-0.39, 0.29) is 23.6 Å². The van der Waals surface area contributed by atoms with Crippen LogP contribution in [0.5, 0.6) is 5.75 Å². The van der Waals surface area contributed by atoms with Crippen molar-refractivity contribution >= 4 is 11.8 Å². The summed E-state index contributed by atoms with van der Waals surface area (Å²) in [6.07, 6.45) is 0. The maximum atomic E-state index is 11.8. The second-order valence-electron chi connectivity index (χ2n) is 4.63. The summed E-state index contributed by atoms with van der Waals surface area (Å²) in [4.78, 5) is 23.5. The van der Waals surface area contributed by atoms with Gasteiger partial charge in [0.15, 0.2) is 0 Å². The number of phenolic OH excluding ortho intramolecular Hbond substituents is 1. The molecule has 3 N–H and O–H groups in total. The van der Waals surface area contributed by atoms with Crippen LogP contribution in [0.4, 0.5) is 0 Å². The van der Waals surface area contributed by atoms with Gasteiger partial charge in [0, 0.05) is 7.05 Å². The maximum Gasteiger partial charge on any atom is 0.246 e. The van der Waals surface area contributed by atoms with Crippen molar-refractivity contribution in [2.24, 2.45) is 5.92 Å². The number of aromatic hydroxyl groups is 1. The standard InChI is InChI=1S/C12H13N3O3/c1-15-10-8(11(17)13-12(10)18)9(14-15)6-2-4-7(16)5-3-6/h2-5,8-10,14,16H,1H3,(H,13,17,18)/t8-,9-,10+/m0/s1. The van der Waals surface area contributed by atoms with Gasteiger partial charge in [-0.15, -0.1) is 0 Å². The molecule has 3 atom stereocenters. The van der Waals surface area contributed by atoms with Crippen molar-refractivity contribution in [3.8, 4) is 5.75 Å². The minimum Gasteiger partial charge on any atom is -0.508 e. The molecule has 0 unspecified atom stereocenters. The Labute approximate surface area is 104 Å². The van der Waals surface area contributed by atoms with Crippen LogP contribution in [-0.4, -0.2) is 35.0 Å². The summed E-state index contributed by atoms with van der Waals surface area (Å²) in [7, 11) is 1.75. The number of imide groups is 1. The van der Waals surface area contributed by atoms with Gasteiger partial charge in [-0.05, 0) is 17.7 Å². The number of benzene rings is 1. The second-order valence-corrected chi connectivity index (χ2v) is 4.63. The highest BCUT2D eigenvalue weighted by Crippen LogP contribution is 2.36. The van der Waals surface area contributed by atoms with Crippen molar-refractivity contribution in [3.05, 3.63) is 29.8 Å². The van der Waals surface area contributed by atoms with Crippen LogP contribution < -0.4 is 10.7 Å². The highest BCUT2D eigenvalue weighted by molar-refractivity contribution is 6.07. The van der Waals surface area contributed by atoms with Crippen LogP contribution in [0.3, 0.4) is 0 Å². The van der Waals surface area contributed by atoms with Crippen LogP contribution >= 0.6 is 0 Å². The number of fused-ring (bicyclic) bond motifs is 1. The molecule has 0 radical (unpaired) electrons. The van der Waals surface area contributed by atoms with E-state index in [9.17, 15) is 14.7 Å². The van der Waals surface area contributed by atoms with Crippen LogP contribution in [0.2, 0.25) is 0 Å². The number of hydrogen-bond acceptors (Lipinski definition) is 5. The molecule has 18 heavy (non-hydrogen) atoms. The molecule has 0 spiro atoms. The highest BCUT2D eigenvalue weighted by Gasteiger charge is 2.53. The number of likely N-dealkylation sites (N-methyl/N-ethyl adjacent to an activating group) is 1. The lowest BCUT2D eigenvalue weighted by atomic mass is 9.91. The summed E-state index contributed by atoms with van der Waals surface area (Å²) in [5.41, 5.74) is 3.99. The van der Waals surface area contributed by atoms with Crippen molar-refractivity contribution < 1.29 is 14.7 Å². The maximum absolute atomic E-state index is 11.8. The van der Waals surface area contributed by atoms with Gasteiger partial charge in [0.2, 0.25) is 11.8 Å². The van der Waals surface area contributed by atoms with Gasteiger partial charge >= 0.3 is 0 Å². The van der Waals surface area contributed by atoms with Crippen molar-refractivity contribution in [3.63, 3.8) is 0 Å². The molecule has 2 amide bonds. The zero-order chi connectivity index (χ0) is 12.9. The molecule has 0 bridgehead atoms. The summed E-state index contributed by atoms with van der Waals surface area (Å²) < 4.78 is 0. The van der Waals surface area contributed by atoms with E-state index >= 15 is 0 Å². The van der Waals surface area contributed by atoms with E-state index in [2.05, 4.69) is 10.7 Å². The monoisotopic (exact) mass is 247 g/mol. The topological polar surface area (TPSA) is 81.7 Å². The lowest BCUT2D eigenvalue weighted by Crippen LogP contribution is -2.41. The Morgan fingerprint density at radius 1 is 1.17 bits per heavy atom. The summed E-state index contributed by atoms with van der Waals surface area (Å²) in [6, 6.07) is 5.93. The molecule has 0 aliphatic carbocycles. The Hall–Kier alpha value is -1.92. The first-order valence-electron chi connectivity index (χ1n) is 5.70. The van der Waals surface area contributed by atoms with E-state index in [1.54, 1.807) is 36.3 Å². The molecule has 3 rings (SSSR count). The SMILES string of the molecule is CN1N[C@@H](c2ccc(O)cc2)[C@@H]2C(=O)NC(=O)[C@@H]21. The van der Waals surface area contributed by atoms with Gasteiger partial charge in [-0.1, -0.05) is 12.1 Å². The number of carbonyl (C=O) groups excluding carboxylic acids is 2. The molecule has 1 aromatic rings. The molecule has 2 saturated heterocycles. The fourth-order valence-corrected chi connectivity index (χ4v) is 2.68. The number of nitrogens with zero attached hydrogens (tertiary/aromatic N) is 1. The van der Waals surface area contributed by atoms with Crippen molar-refractivity contribution in [2.75, 3.05) is 7.05 Å². The summed E-state index contributed by atoms with van der Waals surface area (Å²) in [5.74, 6) is -0.762. The lowest BCUT2D eigenvalue weighted by molar-refractivity contribution is -0.127. The first kappa shape index (κ1) is 11.2. The van der Waals surface area contributed by atoms with Gasteiger partial charge in [0.25, 0.3) is 0 Å². The van der Waals surface area contributed by atoms with Crippen LogP contribution in [0, 0.1) is 5.92 Å². The highest BCUT2D eigenvalue weighted by atomic mass is 16.3. The lowest BCUT2D eigenvalue weighted by Gasteiger charge is -2.17. The van der Waals surface area contributed by atoms with E-state index < -0.39 is 12.0 Å². The average Bonchev–Trinajstić information content (AvgIpc) is 2.81. The van der Waals surface area contributed by atoms with Crippen molar-refractivity contribution in [2.45, 2.75) is 12.1 Å². The number of phenols is 1. The molecule has 0 aromatic heterocycles. The Bertz CT molecular complexity index is 514. The summed E-state index contributed by atoms with van der Waals surface area (Å²) >= 11 is 0. The third-order valence-electron chi connectivity index (χ3n) is 3.53. The summed E-state index contributed by atoms with van der Waals surface area (Å²) in [6.45, 7) is 0. The number of hydrogen-bond donors (Lipinski definition) is 3. The molecular formula is C12H13N3O3. The molecule has 2 fully saturated rings. The number of nitrogens with one attached hydrogen (secondary N) is 2. The molecule has 0 saturated carbocycles. The van der Waals surface area contributed by atoms with Crippen molar-refractivity contribution in [1.29, 1.82) is 0 Å². The van der Waals surface area contributed by atoms with E-state index in [4.69, 9.17) is 0 Å². The predicted molar refractivity (Wildman–Crippen MR) is 62.2 cm³/mol. The largest absolute Gasteiger partial charge is 0.508 e. The second kappa shape index (κ2) is 3.79. The summed E-state index contributed by atoms with van der Waals surface area (Å²) in [5, 5.41) is 13.3. The van der Waals surface area contributed by atoms with Crippen molar-refractivity contribution in [1.82, 2.24) is 15.8 Å². The third-order valence-corrected chi connectivity index (χ3v) is 3.53. The van der Waals surface area contributed by atoms with Crippen LogP contribution in [0.15, 0.2) is 24.3 Å². The van der Waals surface area contributed by atoms with E-state index in [1.165, 1.54) is 0 Å². The zero-order valence-corrected chi connectivity index (χ0v) is 9.75. The number of rotatable bonds is 1. The first-order valence-corrected chi connectivity index (χ1v) is 5.70. The number of carbonyl (C=O) groups is 2. The predicted octanol–water partition coefficient (Wildman–Crippen LogP) is -0.476. The Morgan fingerprint density at radius 3 is 2.50 bits per heavy atom. The minimum atomic E-state index is -0.462. The quantitative estimate of drug-likeness (QED) is 0.584. The minimum absolute atomic E-state index is 0.175. The fourth-order valence-electron chi connectivity index (χ4n) is 2.68. The average molecular weight is 247 g/mol. The van der Waals surface area contributed by atoms with E-state index in [0.29, 0.717) is 0 Å². The van der Waals surface area contributed by atoms with Crippen LogP contribution in [0.1, 0.15) is 11.6 Å². The molecule has 2 heterocycles. The van der Waals surface area contributed by atoms with E-state index in [1.807, 2.05) is 0 Å².